The molecule has 0 radical (unpaired) electrons. The van der Waals surface area contributed by atoms with Crippen molar-refractivity contribution in [2.75, 3.05) is 6.61 Å². The third-order valence-electron chi connectivity index (χ3n) is 16.4. The topological polar surface area (TPSA) is 102 Å². The number of para-hydroxylation sites is 1. The maximum Gasteiger partial charge on any atom is 0.352 e. The van der Waals surface area contributed by atoms with Gasteiger partial charge in [0.1, 0.15) is 12.7 Å². The summed E-state index contributed by atoms with van der Waals surface area (Å²) in [4.78, 5) is 54.7. The summed E-state index contributed by atoms with van der Waals surface area (Å²) >= 11 is 0. The minimum atomic E-state index is -0.710. The number of hydrogen-bond donors (Lipinski definition) is 0. The number of carbonyl (C=O) groups is 2. The van der Waals surface area contributed by atoms with E-state index in [1.54, 1.807) is 0 Å². The van der Waals surface area contributed by atoms with Gasteiger partial charge < -0.3 is 9.47 Å². The van der Waals surface area contributed by atoms with E-state index in [1.807, 2.05) is 39.7 Å². The molecule has 4 fully saturated rings. The van der Waals surface area contributed by atoms with Gasteiger partial charge in [0.25, 0.3) is 0 Å². The molecule has 51 heavy (non-hydrogen) atoms. The van der Waals surface area contributed by atoms with Crippen molar-refractivity contribution in [1.82, 2.24) is 13.9 Å². The van der Waals surface area contributed by atoms with Crippen LogP contribution in [-0.4, -0.2) is 38.6 Å². The van der Waals surface area contributed by atoms with E-state index in [9.17, 15) is 9.59 Å². The number of rotatable bonds is 5. The Kier molecular flexibility index (Phi) is 7.38. The van der Waals surface area contributed by atoms with Crippen LogP contribution in [-0.2, 0) is 24.6 Å². The Balaban J connectivity index is 1.40. The molecular formula is C42H57N3O6. The molecule has 0 spiro atoms. The molecule has 0 N–H and O–H groups in total. The van der Waals surface area contributed by atoms with Crippen LogP contribution in [0, 0.1) is 44.8 Å². The Labute approximate surface area is 301 Å². The van der Waals surface area contributed by atoms with E-state index in [0.29, 0.717) is 18.2 Å². The molecule has 9 heteroatoms. The van der Waals surface area contributed by atoms with Gasteiger partial charge in [-0.05, 0) is 115 Å². The minimum absolute atomic E-state index is 0.0219. The number of carbonyl (C=O) groups excluding carboxylic acids is 2. The molecule has 9 nitrogen and oxygen atoms in total. The fourth-order valence-electron chi connectivity index (χ4n) is 14.0. The molecule has 0 bridgehead atoms. The number of hydrogen-bond acceptors (Lipinski definition) is 6. The first-order valence-corrected chi connectivity index (χ1v) is 19.5. The van der Waals surface area contributed by atoms with Gasteiger partial charge in [0.15, 0.2) is 0 Å². The molecule has 5 aliphatic carbocycles. The zero-order valence-electron chi connectivity index (χ0n) is 32.1. The molecular weight excluding hydrogens is 642 g/mol. The van der Waals surface area contributed by atoms with Crippen molar-refractivity contribution in [1.29, 1.82) is 0 Å². The van der Waals surface area contributed by atoms with Gasteiger partial charge >= 0.3 is 23.3 Å². The highest BCUT2D eigenvalue weighted by Crippen LogP contribution is 2.79. The monoisotopic (exact) mass is 699 g/mol. The Morgan fingerprint density at radius 1 is 0.843 bits per heavy atom. The van der Waals surface area contributed by atoms with Crippen molar-refractivity contribution >= 4 is 11.9 Å². The average molecular weight is 700 g/mol. The molecule has 2 heterocycles. The zero-order valence-corrected chi connectivity index (χ0v) is 32.1. The predicted molar refractivity (Wildman–Crippen MR) is 194 cm³/mol. The number of ether oxygens (including phenoxy) is 2. The summed E-state index contributed by atoms with van der Waals surface area (Å²) in [6.45, 7) is 19.8. The van der Waals surface area contributed by atoms with Crippen LogP contribution in [0.4, 0.5) is 0 Å². The lowest BCUT2D eigenvalue weighted by atomic mass is 9.33. The fourth-order valence-corrected chi connectivity index (χ4v) is 14.0. The van der Waals surface area contributed by atoms with Gasteiger partial charge in [-0.1, -0.05) is 66.7 Å². The molecule has 0 saturated heterocycles. The van der Waals surface area contributed by atoms with E-state index >= 15 is 9.59 Å². The van der Waals surface area contributed by atoms with E-state index in [2.05, 4.69) is 48.5 Å². The summed E-state index contributed by atoms with van der Waals surface area (Å²) in [5.74, 6) is 0.129. The van der Waals surface area contributed by atoms with Gasteiger partial charge in [-0.25, -0.2) is 23.5 Å². The second-order valence-electron chi connectivity index (χ2n) is 18.9. The maximum atomic E-state index is 15.1. The summed E-state index contributed by atoms with van der Waals surface area (Å²) in [5.41, 5.74) is 1.03. The smallest absolute Gasteiger partial charge is 0.352 e. The Morgan fingerprint density at radius 2 is 1.53 bits per heavy atom. The molecule has 0 unspecified atom stereocenters. The van der Waals surface area contributed by atoms with Gasteiger partial charge in [0.05, 0.1) is 17.3 Å². The standard InChI is InChI=1S/C42H57N3O6/c1-25(2)42-22-21-41(24-50-26(3)46)20-19-40(9)33(34(41)42)29(44-35(48)43(36(49)45(42)44)28-13-11-10-12-14-28)23-31-38(7)17-16-32(51-27(4)47)37(5,6)30(38)15-18-39(31,40)8/h10-14,25,29-32H,15-24H2,1-9H3/t29-,30-,31+,32-,38-,39+,40+,41-,42-/m0/s1. The zero-order chi connectivity index (χ0) is 36.7. The quantitative estimate of drug-likeness (QED) is 0.239. The highest BCUT2D eigenvalue weighted by Gasteiger charge is 2.73. The van der Waals surface area contributed by atoms with Crippen LogP contribution in [0.5, 0.6) is 0 Å². The molecule has 0 amide bonds. The van der Waals surface area contributed by atoms with E-state index in [1.165, 1.54) is 29.6 Å². The van der Waals surface area contributed by atoms with E-state index in [-0.39, 0.29) is 74.4 Å². The lowest BCUT2D eigenvalue weighted by molar-refractivity contribution is -0.218. The maximum absolute atomic E-state index is 15.1. The van der Waals surface area contributed by atoms with E-state index < -0.39 is 5.54 Å². The van der Waals surface area contributed by atoms with Crippen molar-refractivity contribution in [3.63, 3.8) is 0 Å². The minimum Gasteiger partial charge on any atom is -0.465 e. The number of esters is 2. The van der Waals surface area contributed by atoms with Crippen LogP contribution >= 0.6 is 0 Å². The van der Waals surface area contributed by atoms with Crippen LogP contribution < -0.4 is 11.4 Å². The number of fused-ring (bicyclic) bond motifs is 7. The third-order valence-corrected chi connectivity index (χ3v) is 16.4. The first kappa shape index (κ1) is 34.7. The number of aromatic nitrogens is 3. The van der Waals surface area contributed by atoms with E-state index in [4.69, 9.17) is 9.47 Å². The lowest BCUT2D eigenvalue weighted by Gasteiger charge is -2.72. The summed E-state index contributed by atoms with van der Waals surface area (Å²) < 4.78 is 17.2. The van der Waals surface area contributed by atoms with Gasteiger partial charge in [0, 0.05) is 24.7 Å². The first-order valence-electron chi connectivity index (χ1n) is 19.5. The average Bonchev–Trinajstić information content (AvgIpc) is 3.55. The molecule has 276 valence electrons. The van der Waals surface area contributed by atoms with Crippen molar-refractivity contribution in [2.24, 2.45) is 44.8 Å². The Morgan fingerprint density at radius 3 is 2.18 bits per heavy atom. The SMILES string of the molecule is CC(=O)OC[C@]12CC[C@]3(C(C)C)C1=C1[C@H](C[C@@H]4[C@@]5(C)CC[C@H](OC(C)=O)C(C)(C)[C@@H]5CC[C@@]4(C)[C@]1(C)CC2)n1c(=O)n(-c2ccccc2)c(=O)n13. The second-order valence-corrected chi connectivity index (χ2v) is 18.9. The number of allylic oxidation sites excluding steroid dienone is 1. The van der Waals surface area contributed by atoms with Crippen LogP contribution in [0.25, 0.3) is 5.69 Å². The summed E-state index contributed by atoms with van der Waals surface area (Å²) in [5, 5.41) is 0. The molecule has 2 aromatic rings. The van der Waals surface area contributed by atoms with Crippen molar-refractivity contribution in [2.45, 2.75) is 138 Å². The fraction of sp³-hybridized carbons (Fsp3) is 0.714. The highest BCUT2D eigenvalue weighted by atomic mass is 16.5. The molecule has 1 aromatic heterocycles. The molecule has 8 rings (SSSR count). The van der Waals surface area contributed by atoms with Gasteiger partial charge in [-0.15, -0.1) is 0 Å². The normalized spacial score (nSPS) is 40.2. The van der Waals surface area contributed by atoms with Crippen LogP contribution in [0.2, 0.25) is 0 Å². The molecule has 1 aromatic carbocycles. The van der Waals surface area contributed by atoms with Crippen LogP contribution in [0.1, 0.15) is 126 Å². The van der Waals surface area contributed by atoms with Gasteiger partial charge in [-0.3, -0.25) is 9.59 Å². The number of nitrogens with zero attached hydrogens (tertiary/aromatic N) is 3. The lowest BCUT2D eigenvalue weighted by Crippen LogP contribution is -2.67. The summed E-state index contributed by atoms with van der Waals surface area (Å²) in [6.07, 6.45) is 7.88. The van der Waals surface area contributed by atoms with E-state index in [0.717, 1.165) is 57.8 Å². The second kappa shape index (κ2) is 10.8. The largest absolute Gasteiger partial charge is 0.465 e. The molecule has 6 aliphatic rings. The summed E-state index contributed by atoms with van der Waals surface area (Å²) in [6, 6.07) is 9.07. The molecule has 4 saturated carbocycles. The van der Waals surface area contributed by atoms with Gasteiger partial charge in [0.2, 0.25) is 0 Å². The Hall–Kier alpha value is -3.36. The van der Waals surface area contributed by atoms with Crippen LogP contribution in [0.15, 0.2) is 51.1 Å². The third kappa shape index (κ3) is 4.15. The summed E-state index contributed by atoms with van der Waals surface area (Å²) in [7, 11) is 0. The van der Waals surface area contributed by atoms with Crippen molar-refractivity contribution < 1.29 is 19.1 Å². The first-order chi connectivity index (χ1) is 23.9. The van der Waals surface area contributed by atoms with Gasteiger partial charge in [-0.2, -0.15) is 0 Å². The molecule has 1 aliphatic heterocycles. The predicted octanol–water partition coefficient (Wildman–Crippen LogP) is 7.34. The van der Waals surface area contributed by atoms with Crippen molar-refractivity contribution in [3.8, 4) is 5.69 Å². The Bertz CT molecular complexity index is 1970. The number of benzene rings is 1. The highest BCUT2D eigenvalue weighted by molar-refractivity contribution is 5.66. The molecule has 9 atom stereocenters. The van der Waals surface area contributed by atoms with Crippen LogP contribution in [0.3, 0.4) is 0 Å². The van der Waals surface area contributed by atoms with Crippen molar-refractivity contribution in [3.05, 3.63) is 62.4 Å².